The van der Waals surface area contributed by atoms with Crippen LogP contribution in [0.5, 0.6) is 0 Å². The molecule has 30 heavy (non-hydrogen) atoms. The van der Waals surface area contributed by atoms with Crippen LogP contribution >= 0.6 is 0 Å². The summed E-state index contributed by atoms with van der Waals surface area (Å²) in [6, 6.07) is 0.293. The average Bonchev–Trinajstić information content (AvgIpc) is 2.73. The Balaban J connectivity index is 3.07. The van der Waals surface area contributed by atoms with Crippen LogP contribution in [-0.4, -0.2) is 36.8 Å². The summed E-state index contributed by atoms with van der Waals surface area (Å²) in [5, 5.41) is 15.6. The zero-order chi connectivity index (χ0) is 22.1. The summed E-state index contributed by atoms with van der Waals surface area (Å²) in [5.41, 5.74) is 0. The van der Waals surface area contributed by atoms with Crippen LogP contribution in [0.15, 0.2) is 0 Å². The van der Waals surface area contributed by atoms with Gasteiger partial charge in [0, 0.05) is 12.5 Å². The van der Waals surface area contributed by atoms with E-state index < -0.39 is 5.97 Å². The van der Waals surface area contributed by atoms with Gasteiger partial charge < -0.3 is 15.7 Å². The van der Waals surface area contributed by atoms with Gasteiger partial charge in [0.1, 0.15) is 0 Å². The van der Waals surface area contributed by atoms with Crippen LogP contribution in [0.3, 0.4) is 0 Å². The number of hydrogen-bond donors (Lipinski definition) is 3. The first-order valence-electron chi connectivity index (χ1n) is 13.3. The third kappa shape index (κ3) is 25.4. The van der Waals surface area contributed by atoms with Crippen LogP contribution in [0.1, 0.15) is 136 Å². The molecular weight excluding hydrogens is 372 g/mol. The molecule has 3 N–H and O–H groups in total. The Hall–Kier alpha value is -0.610. The molecule has 0 heterocycles. The lowest BCUT2D eigenvalue weighted by atomic mass is 10.0. The summed E-state index contributed by atoms with van der Waals surface area (Å²) < 4.78 is 0. The Morgan fingerprint density at radius 3 is 1.57 bits per heavy atom. The lowest BCUT2D eigenvalue weighted by Crippen LogP contribution is -2.29. The van der Waals surface area contributed by atoms with E-state index in [1.54, 1.807) is 0 Å². The molecule has 0 aromatic carbocycles. The molecule has 0 bridgehead atoms. The monoisotopic (exact) mass is 426 g/mol. The van der Waals surface area contributed by atoms with Crippen LogP contribution in [0.2, 0.25) is 0 Å². The first-order chi connectivity index (χ1) is 14.7. The second-order valence-corrected chi connectivity index (χ2v) is 9.19. The second-order valence-electron chi connectivity index (χ2n) is 9.19. The van der Waals surface area contributed by atoms with Crippen molar-refractivity contribution in [3.05, 3.63) is 0 Å². The Morgan fingerprint density at radius 2 is 1.10 bits per heavy atom. The van der Waals surface area contributed by atoms with Crippen LogP contribution in [0.4, 0.5) is 0 Å². The summed E-state index contributed by atoms with van der Waals surface area (Å²) in [4.78, 5) is 10.5. The standard InChI is InChI=1S/C26H54N2O2/c1-3-4-5-6-7-8-9-10-11-12-13-14-15-16-17-18-22-27-23-19-24-28-25(2)20-21-26(29)30/h25,27-28H,3-24H2,1-2H3,(H,29,30). The Kier molecular flexibility index (Phi) is 24.2. The number of carboxylic acid groups (broad SMARTS) is 1. The SMILES string of the molecule is CCCCCCCCCCCCCCCCCCNCCCNC(C)CCC(=O)O. The van der Waals surface area contributed by atoms with Crippen LogP contribution in [-0.2, 0) is 4.79 Å². The van der Waals surface area contributed by atoms with Crippen molar-refractivity contribution in [2.75, 3.05) is 19.6 Å². The number of carboxylic acids is 1. The van der Waals surface area contributed by atoms with E-state index in [1.807, 2.05) is 0 Å². The number of nitrogens with one attached hydrogen (secondary N) is 2. The molecule has 0 aromatic heterocycles. The van der Waals surface area contributed by atoms with Gasteiger partial charge >= 0.3 is 5.97 Å². The van der Waals surface area contributed by atoms with Crippen LogP contribution in [0, 0.1) is 0 Å². The molecule has 0 fully saturated rings. The maximum absolute atomic E-state index is 10.5. The third-order valence-electron chi connectivity index (χ3n) is 6.02. The molecule has 4 heteroatoms. The molecule has 1 atom stereocenters. The molecule has 0 rings (SSSR count). The fourth-order valence-electron chi connectivity index (χ4n) is 3.93. The van der Waals surface area contributed by atoms with Crippen LogP contribution in [0.25, 0.3) is 0 Å². The number of hydrogen-bond acceptors (Lipinski definition) is 3. The summed E-state index contributed by atoms with van der Waals surface area (Å²) in [7, 11) is 0. The van der Waals surface area contributed by atoms with E-state index in [-0.39, 0.29) is 6.42 Å². The summed E-state index contributed by atoms with van der Waals surface area (Å²) in [5.74, 6) is -0.705. The lowest BCUT2D eigenvalue weighted by molar-refractivity contribution is -0.137. The van der Waals surface area contributed by atoms with Gasteiger partial charge in [0.05, 0.1) is 0 Å². The van der Waals surface area contributed by atoms with E-state index in [1.165, 1.54) is 103 Å². The van der Waals surface area contributed by atoms with Crippen molar-refractivity contribution in [3.8, 4) is 0 Å². The normalized spacial score (nSPS) is 12.3. The van der Waals surface area contributed by atoms with Gasteiger partial charge in [-0.3, -0.25) is 4.79 Å². The van der Waals surface area contributed by atoms with E-state index >= 15 is 0 Å². The van der Waals surface area contributed by atoms with E-state index in [4.69, 9.17) is 5.11 Å². The van der Waals surface area contributed by atoms with Crippen molar-refractivity contribution in [1.29, 1.82) is 0 Å². The van der Waals surface area contributed by atoms with E-state index in [0.29, 0.717) is 12.5 Å². The van der Waals surface area contributed by atoms with E-state index in [9.17, 15) is 4.79 Å². The molecule has 0 spiro atoms. The number of unbranched alkanes of at least 4 members (excludes halogenated alkanes) is 15. The van der Waals surface area contributed by atoms with Crippen molar-refractivity contribution in [1.82, 2.24) is 10.6 Å². The minimum Gasteiger partial charge on any atom is -0.481 e. The quantitative estimate of drug-likeness (QED) is 0.137. The van der Waals surface area contributed by atoms with Gasteiger partial charge in [0.15, 0.2) is 0 Å². The van der Waals surface area contributed by atoms with Gasteiger partial charge in [-0.1, -0.05) is 103 Å². The predicted molar refractivity (Wildman–Crippen MR) is 131 cm³/mol. The van der Waals surface area contributed by atoms with Crippen molar-refractivity contribution in [2.24, 2.45) is 0 Å². The summed E-state index contributed by atoms with van der Waals surface area (Å²) >= 11 is 0. The van der Waals surface area contributed by atoms with Gasteiger partial charge in [0.2, 0.25) is 0 Å². The smallest absolute Gasteiger partial charge is 0.303 e. The Bertz CT molecular complexity index is 350. The number of rotatable bonds is 25. The summed E-state index contributed by atoms with van der Waals surface area (Å²) in [6.07, 6.45) is 24.8. The molecule has 0 saturated carbocycles. The minimum absolute atomic E-state index is 0.256. The largest absolute Gasteiger partial charge is 0.481 e. The highest BCUT2D eigenvalue weighted by molar-refractivity contribution is 5.66. The first kappa shape index (κ1) is 29.4. The average molecular weight is 427 g/mol. The fourth-order valence-corrected chi connectivity index (χ4v) is 3.93. The predicted octanol–water partition coefficient (Wildman–Crippen LogP) is 7.07. The Morgan fingerprint density at radius 1 is 0.667 bits per heavy atom. The molecule has 0 radical (unpaired) electrons. The van der Waals surface area contributed by atoms with Gasteiger partial charge in [0.25, 0.3) is 0 Å². The zero-order valence-corrected chi connectivity index (χ0v) is 20.5. The molecule has 0 aliphatic heterocycles. The fraction of sp³-hybridized carbons (Fsp3) is 0.962. The first-order valence-corrected chi connectivity index (χ1v) is 13.3. The zero-order valence-electron chi connectivity index (χ0n) is 20.5. The number of carbonyl (C=O) groups is 1. The van der Waals surface area contributed by atoms with E-state index in [0.717, 1.165) is 26.1 Å². The third-order valence-corrected chi connectivity index (χ3v) is 6.02. The minimum atomic E-state index is -0.705. The molecule has 180 valence electrons. The molecule has 0 saturated heterocycles. The van der Waals surface area contributed by atoms with Crippen LogP contribution < -0.4 is 10.6 Å². The van der Waals surface area contributed by atoms with Gasteiger partial charge in [-0.25, -0.2) is 0 Å². The molecule has 1 unspecified atom stereocenters. The summed E-state index contributed by atoms with van der Waals surface area (Å²) in [6.45, 7) is 7.50. The second kappa shape index (κ2) is 24.7. The van der Waals surface area contributed by atoms with E-state index in [2.05, 4.69) is 24.5 Å². The van der Waals surface area contributed by atoms with Gasteiger partial charge in [-0.15, -0.1) is 0 Å². The highest BCUT2D eigenvalue weighted by atomic mass is 16.4. The maximum atomic E-state index is 10.5. The number of aliphatic carboxylic acids is 1. The lowest BCUT2D eigenvalue weighted by Gasteiger charge is -2.12. The molecule has 0 aliphatic carbocycles. The van der Waals surface area contributed by atoms with Gasteiger partial charge in [-0.2, -0.15) is 0 Å². The van der Waals surface area contributed by atoms with Crippen molar-refractivity contribution in [2.45, 2.75) is 142 Å². The molecule has 0 amide bonds. The Labute approximate surface area is 188 Å². The van der Waals surface area contributed by atoms with Crippen molar-refractivity contribution in [3.63, 3.8) is 0 Å². The van der Waals surface area contributed by atoms with Gasteiger partial charge in [-0.05, 0) is 45.8 Å². The maximum Gasteiger partial charge on any atom is 0.303 e. The molecule has 4 nitrogen and oxygen atoms in total. The highest BCUT2D eigenvalue weighted by Crippen LogP contribution is 2.13. The highest BCUT2D eigenvalue weighted by Gasteiger charge is 2.03. The molecular formula is C26H54N2O2. The van der Waals surface area contributed by atoms with Crippen molar-refractivity contribution < 1.29 is 9.90 Å². The van der Waals surface area contributed by atoms with Crippen molar-refractivity contribution >= 4 is 5.97 Å². The molecule has 0 aliphatic rings. The topological polar surface area (TPSA) is 61.4 Å². The molecule has 0 aromatic rings.